The molecule has 4 N–H and O–H groups in total. The largest absolute Gasteiger partial charge is 0.419 e. The van der Waals surface area contributed by atoms with E-state index in [4.69, 9.17) is 0 Å². The molecule has 3 rings (SSSR count). The zero-order valence-corrected chi connectivity index (χ0v) is 17.2. The molecular formula is C20H23F4N5O3. The number of hydrogen-bond acceptors (Lipinski definition) is 6. The summed E-state index contributed by atoms with van der Waals surface area (Å²) in [6.07, 6.45) is -2.69. The topological polar surface area (TPSA) is 111 Å². The molecule has 0 radical (unpaired) electrons. The number of nitrogens with one attached hydrogen (secondary N) is 2. The first kappa shape index (κ1) is 23.7. The highest BCUT2D eigenvalue weighted by Crippen LogP contribution is 2.32. The second-order valence-corrected chi connectivity index (χ2v) is 7.45. The molecule has 32 heavy (non-hydrogen) atoms. The van der Waals surface area contributed by atoms with E-state index < -0.39 is 35.7 Å². The van der Waals surface area contributed by atoms with Gasteiger partial charge in [-0.2, -0.15) is 13.2 Å². The SMILES string of the molecule is CC(NC(=O)N1CCc2cnc(NC(CO)CO)nc2C1)c1ccc(C(F)(F)F)c(F)c1. The molecule has 0 saturated carbocycles. The van der Waals surface area contributed by atoms with Gasteiger partial charge in [0.2, 0.25) is 5.95 Å². The third kappa shape index (κ3) is 5.43. The number of rotatable bonds is 6. The summed E-state index contributed by atoms with van der Waals surface area (Å²) >= 11 is 0. The van der Waals surface area contributed by atoms with Crippen LogP contribution >= 0.6 is 0 Å². The Balaban J connectivity index is 1.66. The minimum atomic E-state index is -4.79. The van der Waals surface area contributed by atoms with Crippen LogP contribution in [-0.2, 0) is 19.1 Å². The van der Waals surface area contributed by atoms with Crippen molar-refractivity contribution in [3.63, 3.8) is 0 Å². The average molecular weight is 457 g/mol. The summed E-state index contributed by atoms with van der Waals surface area (Å²) in [5, 5.41) is 23.8. The van der Waals surface area contributed by atoms with Crippen LogP contribution in [0.25, 0.3) is 0 Å². The van der Waals surface area contributed by atoms with E-state index in [1.165, 1.54) is 4.90 Å². The van der Waals surface area contributed by atoms with Crippen molar-refractivity contribution in [3.05, 3.63) is 52.6 Å². The van der Waals surface area contributed by atoms with Crippen LogP contribution in [0.4, 0.5) is 28.3 Å². The summed E-state index contributed by atoms with van der Waals surface area (Å²) in [4.78, 5) is 22.6. The molecule has 174 valence electrons. The zero-order valence-electron chi connectivity index (χ0n) is 17.2. The molecule has 0 aliphatic carbocycles. The van der Waals surface area contributed by atoms with Crippen molar-refractivity contribution in [3.8, 4) is 0 Å². The average Bonchev–Trinajstić information content (AvgIpc) is 2.75. The molecule has 0 spiro atoms. The van der Waals surface area contributed by atoms with Gasteiger partial charge in [-0.05, 0) is 36.6 Å². The maximum atomic E-state index is 13.8. The first-order valence-corrected chi connectivity index (χ1v) is 9.87. The smallest absolute Gasteiger partial charge is 0.394 e. The van der Waals surface area contributed by atoms with Crippen LogP contribution in [0.2, 0.25) is 0 Å². The maximum absolute atomic E-state index is 13.8. The van der Waals surface area contributed by atoms with Crippen LogP contribution in [0, 0.1) is 5.82 Å². The maximum Gasteiger partial charge on any atom is 0.419 e. The van der Waals surface area contributed by atoms with Gasteiger partial charge in [0, 0.05) is 12.7 Å². The van der Waals surface area contributed by atoms with Gasteiger partial charge in [-0.15, -0.1) is 0 Å². The second-order valence-electron chi connectivity index (χ2n) is 7.45. The number of halogens is 4. The molecule has 2 amide bonds. The summed E-state index contributed by atoms with van der Waals surface area (Å²) in [6, 6.07) is 0.733. The molecular weight excluding hydrogens is 434 g/mol. The zero-order chi connectivity index (χ0) is 23.5. The third-order valence-corrected chi connectivity index (χ3v) is 5.15. The molecule has 1 unspecified atom stereocenters. The van der Waals surface area contributed by atoms with E-state index in [0.29, 0.717) is 24.7 Å². The van der Waals surface area contributed by atoms with E-state index in [0.717, 1.165) is 17.7 Å². The Morgan fingerprint density at radius 3 is 2.62 bits per heavy atom. The molecule has 0 bridgehead atoms. The highest BCUT2D eigenvalue weighted by atomic mass is 19.4. The van der Waals surface area contributed by atoms with Gasteiger partial charge >= 0.3 is 12.2 Å². The summed E-state index contributed by atoms with van der Waals surface area (Å²) in [7, 11) is 0. The van der Waals surface area contributed by atoms with E-state index >= 15 is 0 Å². The molecule has 1 aromatic heterocycles. The lowest BCUT2D eigenvalue weighted by atomic mass is 10.0. The molecule has 8 nitrogen and oxygen atoms in total. The van der Waals surface area contributed by atoms with Crippen LogP contribution in [0.15, 0.2) is 24.4 Å². The van der Waals surface area contributed by atoms with Crippen molar-refractivity contribution >= 4 is 12.0 Å². The Kier molecular flexibility index (Phi) is 7.14. The fourth-order valence-electron chi connectivity index (χ4n) is 3.27. The number of urea groups is 1. The number of alkyl halides is 3. The predicted octanol–water partition coefficient (Wildman–Crippen LogP) is 2.23. The summed E-state index contributed by atoms with van der Waals surface area (Å²) in [6.45, 7) is 1.46. The van der Waals surface area contributed by atoms with E-state index in [-0.39, 0.29) is 31.3 Å². The molecule has 1 aliphatic heterocycles. The minimum absolute atomic E-state index is 0.162. The predicted molar refractivity (Wildman–Crippen MR) is 106 cm³/mol. The van der Waals surface area contributed by atoms with Crippen LogP contribution in [-0.4, -0.2) is 56.9 Å². The van der Waals surface area contributed by atoms with Crippen LogP contribution in [0.1, 0.15) is 35.3 Å². The molecule has 1 atom stereocenters. The Bertz CT molecular complexity index is 969. The number of carbonyl (C=O) groups excluding carboxylic acids is 1. The van der Waals surface area contributed by atoms with Crippen LogP contribution in [0.5, 0.6) is 0 Å². The monoisotopic (exact) mass is 457 g/mol. The van der Waals surface area contributed by atoms with Crippen LogP contribution < -0.4 is 10.6 Å². The summed E-state index contributed by atoms with van der Waals surface area (Å²) < 4.78 is 52.1. The number of aliphatic hydroxyl groups is 2. The molecule has 1 aliphatic rings. The number of carbonyl (C=O) groups is 1. The van der Waals surface area contributed by atoms with Gasteiger partial charge in [0.05, 0.1) is 43.1 Å². The van der Waals surface area contributed by atoms with E-state index in [9.17, 15) is 32.6 Å². The van der Waals surface area contributed by atoms with E-state index in [2.05, 4.69) is 20.6 Å². The molecule has 12 heteroatoms. The van der Waals surface area contributed by atoms with Crippen molar-refractivity contribution in [2.75, 3.05) is 25.1 Å². The lowest BCUT2D eigenvalue weighted by Gasteiger charge is -2.30. The third-order valence-electron chi connectivity index (χ3n) is 5.15. The highest BCUT2D eigenvalue weighted by Gasteiger charge is 2.34. The number of anilines is 1. The Hall–Kier alpha value is -2.99. The molecule has 0 saturated heterocycles. The normalized spacial score (nSPS) is 14.8. The molecule has 2 aromatic rings. The van der Waals surface area contributed by atoms with Crippen molar-refractivity contribution in [2.45, 2.75) is 38.1 Å². The number of nitrogens with zero attached hydrogens (tertiary/aromatic N) is 3. The van der Waals surface area contributed by atoms with E-state index in [1.807, 2.05) is 0 Å². The number of fused-ring (bicyclic) bond motifs is 1. The van der Waals surface area contributed by atoms with Gasteiger partial charge in [-0.25, -0.2) is 19.2 Å². The van der Waals surface area contributed by atoms with Gasteiger partial charge in [0.15, 0.2) is 0 Å². The second kappa shape index (κ2) is 9.65. The van der Waals surface area contributed by atoms with Crippen molar-refractivity contribution in [2.24, 2.45) is 0 Å². The van der Waals surface area contributed by atoms with Gasteiger partial charge < -0.3 is 25.7 Å². The molecule has 2 heterocycles. The fraction of sp³-hybridized carbons (Fsp3) is 0.450. The summed E-state index contributed by atoms with van der Waals surface area (Å²) in [5.41, 5.74) is 0.282. The Morgan fingerprint density at radius 2 is 2.00 bits per heavy atom. The van der Waals surface area contributed by atoms with Gasteiger partial charge in [0.1, 0.15) is 5.82 Å². The first-order valence-electron chi connectivity index (χ1n) is 9.87. The quantitative estimate of drug-likeness (QED) is 0.496. The Morgan fingerprint density at radius 1 is 1.28 bits per heavy atom. The Labute approximate surface area is 181 Å². The van der Waals surface area contributed by atoms with Gasteiger partial charge in [-0.1, -0.05) is 6.07 Å². The van der Waals surface area contributed by atoms with Crippen molar-refractivity contribution in [1.29, 1.82) is 0 Å². The number of amides is 2. The highest BCUT2D eigenvalue weighted by molar-refractivity contribution is 5.75. The van der Waals surface area contributed by atoms with Gasteiger partial charge in [0.25, 0.3) is 0 Å². The molecule has 1 aromatic carbocycles. The minimum Gasteiger partial charge on any atom is -0.394 e. The summed E-state index contributed by atoms with van der Waals surface area (Å²) in [5.74, 6) is -1.20. The van der Waals surface area contributed by atoms with Crippen LogP contribution in [0.3, 0.4) is 0 Å². The van der Waals surface area contributed by atoms with Crippen molar-refractivity contribution in [1.82, 2.24) is 20.2 Å². The van der Waals surface area contributed by atoms with E-state index in [1.54, 1.807) is 13.1 Å². The number of aromatic nitrogens is 2. The number of hydrogen-bond donors (Lipinski definition) is 4. The standard InChI is InChI=1S/C20H23F4N5O3/c1-11(12-2-3-15(16(21)6-12)20(22,23)24)26-19(32)29-5-4-13-7-25-18(28-17(13)8-29)27-14(9-30)10-31/h2-3,6-7,11,14,30-31H,4-5,8-10H2,1H3,(H,26,32)(H,25,27,28). The fourth-order valence-corrected chi connectivity index (χ4v) is 3.27. The lowest BCUT2D eigenvalue weighted by molar-refractivity contribution is -0.140. The van der Waals surface area contributed by atoms with Crippen molar-refractivity contribution < 1.29 is 32.6 Å². The first-order chi connectivity index (χ1) is 15.1. The number of benzene rings is 1. The number of aliphatic hydroxyl groups excluding tert-OH is 2. The molecule has 0 fully saturated rings. The van der Waals surface area contributed by atoms with Gasteiger partial charge in [-0.3, -0.25) is 0 Å². The lowest BCUT2D eigenvalue weighted by Crippen LogP contribution is -2.44.